The zero-order valence-electron chi connectivity index (χ0n) is 20.2. The first-order valence-electron chi connectivity index (χ1n) is 9.78. The van der Waals surface area contributed by atoms with Crippen LogP contribution in [0.3, 0.4) is 0 Å². The van der Waals surface area contributed by atoms with Crippen molar-refractivity contribution in [1.82, 2.24) is 30.0 Å². The summed E-state index contributed by atoms with van der Waals surface area (Å²) in [4.78, 5) is 63.3. The molecule has 0 aliphatic carbocycles. The van der Waals surface area contributed by atoms with Gasteiger partial charge < -0.3 is 22.4 Å². The van der Waals surface area contributed by atoms with Crippen molar-refractivity contribution in [2.75, 3.05) is 24.3 Å². The summed E-state index contributed by atoms with van der Waals surface area (Å²) in [5.41, 5.74) is 5.35. The number of thioether (sulfide) groups is 2. The number of aliphatic carboxylic acids is 1. The number of nitrogens with one attached hydrogen (secondary N) is 1. The topological polar surface area (TPSA) is 195 Å². The van der Waals surface area contributed by atoms with E-state index < -0.39 is 34.8 Å². The van der Waals surface area contributed by atoms with Gasteiger partial charge in [0.25, 0.3) is 17.4 Å². The van der Waals surface area contributed by atoms with Crippen molar-refractivity contribution in [3.63, 3.8) is 0 Å². The van der Waals surface area contributed by atoms with Gasteiger partial charge in [0.2, 0.25) is 0 Å². The second-order valence-corrected chi connectivity index (χ2v) is 10.2. The zero-order chi connectivity index (χ0) is 25.3. The van der Waals surface area contributed by atoms with Crippen molar-refractivity contribution in [2.45, 2.75) is 16.6 Å². The third-order valence-corrected chi connectivity index (χ3v) is 8.17. The average molecular weight is 563 g/mol. The summed E-state index contributed by atoms with van der Waals surface area (Å²) in [5.74, 6) is -2.03. The summed E-state index contributed by atoms with van der Waals surface area (Å²) in [6.45, 7) is 0. The Hall–Kier alpha value is -2.44. The van der Waals surface area contributed by atoms with Gasteiger partial charge in [-0.05, 0) is 5.57 Å². The Labute approximate surface area is 239 Å². The summed E-state index contributed by atoms with van der Waals surface area (Å²) in [5, 5.41) is 20.0. The quantitative estimate of drug-likeness (QED) is 0.0935. The predicted molar refractivity (Wildman–Crippen MR) is 129 cm³/mol. The number of hydrogen-bond acceptors (Lipinski definition) is 13. The molecule has 14 nitrogen and oxygen atoms in total. The Morgan fingerprint density at radius 2 is 2.17 bits per heavy atom. The number of carbonyl (C=O) groups is 3. The number of oxime groups is 1. The van der Waals surface area contributed by atoms with Gasteiger partial charge in [0, 0.05) is 24.8 Å². The first-order chi connectivity index (χ1) is 16.7. The molecular weight excluding hydrogens is 543 g/mol. The summed E-state index contributed by atoms with van der Waals surface area (Å²) in [6.07, 6.45) is 2.44. The Balaban J connectivity index is 0.00000241. The molecule has 0 spiro atoms. The van der Waals surface area contributed by atoms with Crippen LogP contribution in [0.25, 0.3) is 0 Å². The second-order valence-electron chi connectivity index (χ2n) is 7.09. The molecule has 2 aromatic heterocycles. The average Bonchev–Trinajstić information content (AvgIpc) is 3.26. The van der Waals surface area contributed by atoms with Crippen LogP contribution in [0.2, 0.25) is 0 Å². The molecule has 2 aliphatic heterocycles. The normalized spacial score (nSPS) is 19.2. The number of aryl methyl sites for hydroxylation is 1. The van der Waals surface area contributed by atoms with Gasteiger partial charge in [0.05, 0.1) is 4.88 Å². The van der Waals surface area contributed by atoms with E-state index in [1.54, 1.807) is 7.05 Å². The Bertz CT molecular complexity index is 1330. The maximum Gasteiger partial charge on any atom is 1.00 e. The number of nitrogens with zero attached hydrogens (tertiary/aromatic N) is 6. The number of carbonyl (C=O) groups excluding carboxylic acids is 2. The number of carboxylic acids is 1. The van der Waals surface area contributed by atoms with Gasteiger partial charge in [0.15, 0.2) is 16.0 Å². The molecule has 4 heterocycles. The Kier molecular flexibility index (Phi) is 9.18. The largest absolute Gasteiger partial charge is 1.00 e. The molecule has 2 aromatic rings. The maximum atomic E-state index is 12.9. The number of amides is 2. The molecule has 0 bridgehead atoms. The van der Waals surface area contributed by atoms with Crippen LogP contribution in [-0.2, 0) is 26.3 Å². The molecule has 4 N–H and O–H groups in total. The van der Waals surface area contributed by atoms with Gasteiger partial charge >= 0.3 is 35.5 Å². The van der Waals surface area contributed by atoms with Crippen molar-refractivity contribution >= 4 is 63.5 Å². The van der Waals surface area contributed by atoms with E-state index in [0.29, 0.717) is 21.4 Å². The fourth-order valence-corrected chi connectivity index (χ4v) is 6.42. The van der Waals surface area contributed by atoms with E-state index in [1.165, 1.54) is 29.8 Å². The molecule has 2 aliphatic rings. The summed E-state index contributed by atoms with van der Waals surface area (Å²) < 4.78 is 1.40. The number of aromatic nitrogens is 4. The number of thiazole rings is 1. The molecule has 36 heavy (non-hydrogen) atoms. The van der Waals surface area contributed by atoms with Gasteiger partial charge in [-0.25, -0.2) is 14.5 Å². The third kappa shape index (κ3) is 5.60. The minimum atomic E-state index is -1.26. The summed E-state index contributed by atoms with van der Waals surface area (Å²) >= 11 is 3.48. The van der Waals surface area contributed by atoms with Gasteiger partial charge in [-0.1, -0.05) is 28.3 Å². The molecule has 0 radical (unpaired) electrons. The standard InChI is InChI=1S/C18H18N8O6S3.Na.H/c1-25-18(22-9(27)4-21-25)34-6-7-5-33-15-11(14(29)26(15)12(7)16(30)31)23-13(28)10(24-32-2)8-3-20-17(19)35-8;;/h3-4,11,15H,5-6H2,1-2H3,(H2,19,20)(H,23,28)(H,30,31);;/q;+1;-1/t11-,15-;;/m1../s1. The van der Waals surface area contributed by atoms with Gasteiger partial charge in [0.1, 0.15) is 30.4 Å². The first-order valence-corrected chi connectivity index (χ1v) is 12.6. The van der Waals surface area contributed by atoms with Crippen molar-refractivity contribution < 1.29 is 55.3 Å². The molecule has 0 aromatic carbocycles. The second kappa shape index (κ2) is 11.7. The summed E-state index contributed by atoms with van der Waals surface area (Å²) in [6, 6.07) is -0.954. The molecule has 2 atom stereocenters. The van der Waals surface area contributed by atoms with E-state index in [2.05, 4.69) is 25.5 Å². The number of nitrogens with two attached hydrogens (primary N) is 1. The van der Waals surface area contributed by atoms with Gasteiger partial charge in [-0.15, -0.1) is 11.8 Å². The number of carboxylic acid groups (broad SMARTS) is 1. The van der Waals surface area contributed by atoms with Crippen LogP contribution in [0.15, 0.2) is 38.8 Å². The van der Waals surface area contributed by atoms with E-state index in [9.17, 15) is 24.3 Å². The van der Waals surface area contributed by atoms with Crippen LogP contribution in [0, 0.1) is 0 Å². The van der Waals surface area contributed by atoms with Crippen LogP contribution >= 0.6 is 34.9 Å². The van der Waals surface area contributed by atoms with Gasteiger partial charge in [-0.2, -0.15) is 10.1 Å². The molecule has 186 valence electrons. The number of anilines is 1. The molecule has 0 unspecified atom stereocenters. The van der Waals surface area contributed by atoms with Crippen molar-refractivity contribution in [1.29, 1.82) is 0 Å². The number of fused-ring (bicyclic) bond motifs is 1. The number of β-lactam (4-membered cyclic amide) rings is 1. The van der Waals surface area contributed by atoms with Crippen LogP contribution in [0.5, 0.6) is 0 Å². The zero-order valence-corrected chi connectivity index (χ0v) is 23.6. The van der Waals surface area contributed by atoms with Crippen molar-refractivity contribution in [2.24, 2.45) is 12.2 Å². The molecule has 1 fully saturated rings. The minimum absolute atomic E-state index is 0. The molecule has 4 rings (SSSR count). The van der Waals surface area contributed by atoms with Crippen LogP contribution in [0.4, 0.5) is 5.13 Å². The predicted octanol–water partition coefficient (Wildman–Crippen LogP) is -3.79. The van der Waals surface area contributed by atoms with E-state index in [0.717, 1.165) is 34.2 Å². The molecule has 1 saturated heterocycles. The van der Waals surface area contributed by atoms with Crippen molar-refractivity contribution in [3.05, 3.63) is 38.9 Å². The Morgan fingerprint density at radius 3 is 2.81 bits per heavy atom. The van der Waals surface area contributed by atoms with Crippen LogP contribution < -0.4 is 46.2 Å². The number of hydrogen-bond donors (Lipinski definition) is 3. The molecule has 18 heteroatoms. The minimum Gasteiger partial charge on any atom is -1.00 e. The van der Waals surface area contributed by atoms with E-state index in [4.69, 9.17) is 10.6 Å². The monoisotopic (exact) mass is 562 g/mol. The van der Waals surface area contributed by atoms with E-state index in [-0.39, 0.29) is 53.3 Å². The van der Waals surface area contributed by atoms with Crippen molar-refractivity contribution in [3.8, 4) is 0 Å². The first kappa shape index (κ1) is 28.1. The molecular formula is C18H19N8NaO6S3. The summed E-state index contributed by atoms with van der Waals surface area (Å²) in [7, 11) is 2.88. The van der Waals surface area contributed by atoms with E-state index in [1.807, 2.05) is 0 Å². The SMILES string of the molecule is CON=C(C(=O)N[C@@H]1C(=O)N2C(C(=O)O)=C(CSc3nc(=O)cnn3C)CS[C@H]12)c1cnc(N)s1.[H-].[Na+]. The van der Waals surface area contributed by atoms with Crippen LogP contribution in [-0.4, -0.2) is 83.3 Å². The maximum absolute atomic E-state index is 12.9. The van der Waals surface area contributed by atoms with Gasteiger partial charge in [-0.3, -0.25) is 19.3 Å². The fourth-order valence-electron chi connectivity index (χ4n) is 3.35. The van der Waals surface area contributed by atoms with E-state index >= 15 is 0 Å². The van der Waals surface area contributed by atoms with Crippen LogP contribution in [0.1, 0.15) is 6.30 Å². The molecule has 2 amide bonds. The molecule has 0 saturated carbocycles. The third-order valence-electron chi connectivity index (χ3n) is 4.89. The Morgan fingerprint density at radius 1 is 1.42 bits per heavy atom. The number of rotatable bonds is 8. The fraction of sp³-hybridized carbons (Fsp3) is 0.333. The smallest absolute Gasteiger partial charge is 1.00 e. The number of nitrogen functional groups attached to an aromatic ring is 1.